The van der Waals surface area contributed by atoms with Gasteiger partial charge in [0.25, 0.3) is 11.5 Å². The third kappa shape index (κ3) is 4.68. The summed E-state index contributed by atoms with van der Waals surface area (Å²) in [5.74, 6) is -0.738. The maximum Gasteiger partial charge on any atom is 0.328 e. The van der Waals surface area contributed by atoms with E-state index in [4.69, 9.17) is 0 Å². The number of aromatic amines is 1. The molecule has 3 aliphatic rings. The molecule has 2 heterocycles. The molecule has 2 amide bonds. The first-order valence-electron chi connectivity index (χ1n) is 12.6. The highest BCUT2D eigenvalue weighted by atomic mass is 19.1. The van der Waals surface area contributed by atoms with Crippen LogP contribution in [0.2, 0.25) is 0 Å². The molecule has 1 saturated carbocycles. The summed E-state index contributed by atoms with van der Waals surface area (Å²) in [7, 11) is 0. The minimum Gasteiger partial charge on any atom is -0.339 e. The number of hydrogen-bond donors (Lipinski definition) is 1. The molecule has 1 aromatic heterocycles. The summed E-state index contributed by atoms with van der Waals surface area (Å²) in [6.45, 7) is 1.81. The third-order valence-electron chi connectivity index (χ3n) is 7.69. The molecular formula is C26H31FN4O4. The van der Waals surface area contributed by atoms with E-state index in [2.05, 4.69) is 4.98 Å². The first-order valence-corrected chi connectivity index (χ1v) is 12.6. The van der Waals surface area contributed by atoms with E-state index >= 15 is 0 Å². The van der Waals surface area contributed by atoms with Crippen molar-refractivity contribution < 1.29 is 14.0 Å². The predicted octanol–water partition coefficient (Wildman–Crippen LogP) is 2.08. The highest BCUT2D eigenvalue weighted by Crippen LogP contribution is 2.27. The maximum atomic E-state index is 14.7. The molecule has 0 unspecified atom stereocenters. The van der Waals surface area contributed by atoms with Gasteiger partial charge in [-0.15, -0.1) is 0 Å². The third-order valence-corrected chi connectivity index (χ3v) is 7.69. The monoisotopic (exact) mass is 482 g/mol. The summed E-state index contributed by atoms with van der Waals surface area (Å²) >= 11 is 0. The van der Waals surface area contributed by atoms with Crippen LogP contribution in [0.1, 0.15) is 65.7 Å². The Morgan fingerprint density at radius 2 is 1.63 bits per heavy atom. The predicted molar refractivity (Wildman–Crippen MR) is 128 cm³/mol. The first kappa shape index (κ1) is 23.5. The average molecular weight is 483 g/mol. The van der Waals surface area contributed by atoms with Crippen LogP contribution in [0, 0.1) is 11.7 Å². The Kier molecular flexibility index (Phi) is 6.58. The van der Waals surface area contributed by atoms with Crippen molar-refractivity contribution in [3.05, 3.63) is 67.2 Å². The molecule has 35 heavy (non-hydrogen) atoms. The molecule has 1 aromatic carbocycles. The number of benzene rings is 1. The fraction of sp³-hybridized carbons (Fsp3) is 0.538. The number of nitrogens with zero attached hydrogens (tertiary/aromatic N) is 3. The Hall–Kier alpha value is -3.23. The van der Waals surface area contributed by atoms with Crippen molar-refractivity contribution in [1.29, 1.82) is 0 Å². The highest BCUT2D eigenvalue weighted by molar-refractivity contribution is 5.95. The van der Waals surface area contributed by atoms with E-state index < -0.39 is 17.4 Å². The summed E-state index contributed by atoms with van der Waals surface area (Å²) in [6, 6.07) is 4.32. The number of carbonyl (C=O) groups is 2. The Morgan fingerprint density at radius 1 is 0.943 bits per heavy atom. The van der Waals surface area contributed by atoms with E-state index in [-0.39, 0.29) is 29.5 Å². The summed E-state index contributed by atoms with van der Waals surface area (Å²) in [4.78, 5) is 56.4. The van der Waals surface area contributed by atoms with E-state index in [0.29, 0.717) is 50.1 Å². The van der Waals surface area contributed by atoms with Crippen molar-refractivity contribution in [2.45, 2.75) is 57.9 Å². The van der Waals surface area contributed by atoms with Gasteiger partial charge in [0.2, 0.25) is 5.91 Å². The lowest BCUT2D eigenvalue weighted by atomic mass is 9.96. The number of H-pyrrole nitrogens is 1. The van der Waals surface area contributed by atoms with Crippen LogP contribution in [0.3, 0.4) is 0 Å². The lowest BCUT2D eigenvalue weighted by Crippen LogP contribution is -2.51. The SMILES string of the molecule is O=C(c1cc(Cn2c3c(c(=O)[nH]c2=O)CCCC3)ccc1F)N1CCN(C(=O)C2CCCC2)CC1. The normalized spacial score (nSPS) is 18.5. The number of piperazine rings is 1. The van der Waals surface area contributed by atoms with Crippen molar-refractivity contribution in [2.75, 3.05) is 26.2 Å². The Bertz CT molecular complexity index is 1250. The Balaban J connectivity index is 1.31. The van der Waals surface area contributed by atoms with Gasteiger partial charge in [-0.25, -0.2) is 9.18 Å². The van der Waals surface area contributed by atoms with Crippen LogP contribution in [-0.2, 0) is 24.2 Å². The summed E-state index contributed by atoms with van der Waals surface area (Å²) in [5.41, 5.74) is 1.12. The summed E-state index contributed by atoms with van der Waals surface area (Å²) in [6.07, 6.45) is 7.16. The van der Waals surface area contributed by atoms with Crippen molar-refractivity contribution in [1.82, 2.24) is 19.4 Å². The number of fused-ring (bicyclic) bond motifs is 1. The number of carbonyl (C=O) groups excluding carboxylic acids is 2. The number of hydrogen-bond acceptors (Lipinski definition) is 4. The molecule has 1 N–H and O–H groups in total. The van der Waals surface area contributed by atoms with Gasteiger partial charge in [-0.05, 0) is 56.2 Å². The first-order chi connectivity index (χ1) is 16.9. The zero-order valence-corrected chi connectivity index (χ0v) is 19.9. The Morgan fingerprint density at radius 3 is 2.37 bits per heavy atom. The molecule has 2 fully saturated rings. The lowest BCUT2D eigenvalue weighted by molar-refractivity contribution is -0.136. The van der Waals surface area contributed by atoms with Gasteiger partial charge >= 0.3 is 5.69 Å². The van der Waals surface area contributed by atoms with Crippen LogP contribution in [0.5, 0.6) is 0 Å². The molecule has 9 heteroatoms. The van der Waals surface area contributed by atoms with Gasteiger partial charge < -0.3 is 9.80 Å². The van der Waals surface area contributed by atoms with E-state index in [1.807, 2.05) is 4.90 Å². The van der Waals surface area contributed by atoms with E-state index in [1.54, 1.807) is 11.0 Å². The van der Waals surface area contributed by atoms with Crippen molar-refractivity contribution >= 4 is 11.8 Å². The van der Waals surface area contributed by atoms with Crippen LogP contribution >= 0.6 is 0 Å². The highest BCUT2D eigenvalue weighted by Gasteiger charge is 2.31. The number of halogens is 1. The second kappa shape index (κ2) is 9.79. The number of rotatable bonds is 4. The topological polar surface area (TPSA) is 95.5 Å². The molecule has 8 nitrogen and oxygen atoms in total. The van der Waals surface area contributed by atoms with E-state index in [1.165, 1.54) is 16.7 Å². The molecule has 186 valence electrons. The average Bonchev–Trinajstić information content (AvgIpc) is 3.42. The Labute approximate surface area is 202 Å². The molecule has 5 rings (SSSR count). The molecular weight excluding hydrogens is 451 g/mol. The molecule has 0 spiro atoms. The summed E-state index contributed by atoms with van der Waals surface area (Å²) in [5, 5.41) is 0. The van der Waals surface area contributed by atoms with Crippen LogP contribution in [0.25, 0.3) is 0 Å². The molecule has 1 saturated heterocycles. The van der Waals surface area contributed by atoms with Gasteiger partial charge in [0.05, 0.1) is 12.1 Å². The van der Waals surface area contributed by atoms with Crippen LogP contribution in [0.4, 0.5) is 4.39 Å². The molecule has 2 aliphatic carbocycles. The van der Waals surface area contributed by atoms with Gasteiger partial charge in [-0.1, -0.05) is 18.9 Å². The van der Waals surface area contributed by atoms with Crippen molar-refractivity contribution in [3.63, 3.8) is 0 Å². The molecule has 2 aromatic rings. The van der Waals surface area contributed by atoms with Crippen LogP contribution in [-0.4, -0.2) is 57.3 Å². The number of nitrogens with one attached hydrogen (secondary N) is 1. The largest absolute Gasteiger partial charge is 0.339 e. The second-order valence-corrected chi connectivity index (χ2v) is 9.89. The minimum atomic E-state index is -0.612. The van der Waals surface area contributed by atoms with E-state index in [0.717, 1.165) is 44.2 Å². The summed E-state index contributed by atoms with van der Waals surface area (Å²) < 4.78 is 16.2. The van der Waals surface area contributed by atoms with Crippen molar-refractivity contribution in [2.24, 2.45) is 5.92 Å². The van der Waals surface area contributed by atoms with Gasteiger partial charge in [0, 0.05) is 43.4 Å². The minimum absolute atomic E-state index is 0.0376. The number of amides is 2. The fourth-order valence-electron chi connectivity index (χ4n) is 5.71. The maximum absolute atomic E-state index is 14.7. The van der Waals surface area contributed by atoms with Gasteiger partial charge in [-0.2, -0.15) is 0 Å². The molecule has 0 atom stereocenters. The fourth-order valence-corrected chi connectivity index (χ4v) is 5.71. The van der Waals surface area contributed by atoms with Gasteiger partial charge in [0.15, 0.2) is 0 Å². The zero-order valence-electron chi connectivity index (χ0n) is 19.9. The smallest absolute Gasteiger partial charge is 0.328 e. The lowest BCUT2D eigenvalue weighted by Gasteiger charge is -2.36. The zero-order chi connectivity index (χ0) is 24.5. The van der Waals surface area contributed by atoms with Crippen LogP contribution < -0.4 is 11.2 Å². The second-order valence-electron chi connectivity index (χ2n) is 9.89. The van der Waals surface area contributed by atoms with Gasteiger partial charge in [0.1, 0.15) is 5.82 Å². The van der Waals surface area contributed by atoms with Crippen molar-refractivity contribution in [3.8, 4) is 0 Å². The molecule has 0 bridgehead atoms. The van der Waals surface area contributed by atoms with E-state index in [9.17, 15) is 23.6 Å². The standard InChI is InChI=1S/C26H31FN4O4/c27-21-10-9-17(16-31-22-8-4-3-7-19(22)23(32)28-26(31)35)15-20(21)25(34)30-13-11-29(12-14-30)24(33)18-5-1-2-6-18/h9-10,15,18H,1-8,11-14,16H2,(H,28,32,35). The van der Waals surface area contributed by atoms with Crippen LogP contribution in [0.15, 0.2) is 27.8 Å². The molecule has 1 aliphatic heterocycles. The molecule has 0 radical (unpaired) electrons. The van der Waals surface area contributed by atoms with Gasteiger partial charge in [-0.3, -0.25) is 23.9 Å². The number of aromatic nitrogens is 2. The quantitative estimate of drug-likeness (QED) is 0.722.